The molecular formula is C13H17FO2. The van der Waals surface area contributed by atoms with Crippen LogP contribution in [0.2, 0.25) is 0 Å². The SMILES string of the molecule is CCCC(C(=O)O)c1c(C)cc(C)cc1F. The predicted octanol–water partition coefficient (Wildman–Crippen LogP) is 3.41. The van der Waals surface area contributed by atoms with Crippen molar-refractivity contribution in [3.8, 4) is 0 Å². The molecule has 16 heavy (non-hydrogen) atoms. The van der Waals surface area contributed by atoms with Crippen molar-refractivity contribution in [3.63, 3.8) is 0 Å². The van der Waals surface area contributed by atoms with E-state index >= 15 is 0 Å². The zero-order chi connectivity index (χ0) is 12.3. The van der Waals surface area contributed by atoms with Gasteiger partial charge in [0.2, 0.25) is 0 Å². The van der Waals surface area contributed by atoms with Gasteiger partial charge in [-0.05, 0) is 37.5 Å². The highest BCUT2D eigenvalue weighted by molar-refractivity contribution is 5.76. The van der Waals surface area contributed by atoms with E-state index in [9.17, 15) is 9.18 Å². The number of hydrogen-bond donors (Lipinski definition) is 1. The van der Waals surface area contributed by atoms with Crippen molar-refractivity contribution in [1.29, 1.82) is 0 Å². The van der Waals surface area contributed by atoms with Crippen LogP contribution in [0, 0.1) is 19.7 Å². The summed E-state index contributed by atoms with van der Waals surface area (Å²) in [7, 11) is 0. The molecule has 3 heteroatoms. The van der Waals surface area contributed by atoms with Crippen molar-refractivity contribution in [3.05, 3.63) is 34.6 Å². The van der Waals surface area contributed by atoms with Gasteiger partial charge in [0, 0.05) is 5.56 Å². The molecule has 0 spiro atoms. The van der Waals surface area contributed by atoms with E-state index in [4.69, 9.17) is 5.11 Å². The Hall–Kier alpha value is -1.38. The van der Waals surface area contributed by atoms with E-state index in [0.29, 0.717) is 12.0 Å². The predicted molar refractivity (Wildman–Crippen MR) is 61.2 cm³/mol. The molecule has 1 unspecified atom stereocenters. The van der Waals surface area contributed by atoms with Crippen molar-refractivity contribution in [2.24, 2.45) is 0 Å². The van der Waals surface area contributed by atoms with E-state index in [0.717, 1.165) is 17.5 Å². The molecule has 1 rings (SSSR count). The Bertz CT molecular complexity index is 376. The first-order valence-corrected chi connectivity index (χ1v) is 5.46. The van der Waals surface area contributed by atoms with Gasteiger partial charge < -0.3 is 5.11 Å². The van der Waals surface area contributed by atoms with Gasteiger partial charge in [-0.15, -0.1) is 0 Å². The zero-order valence-corrected chi connectivity index (χ0v) is 9.88. The number of carboxylic acid groups (broad SMARTS) is 1. The lowest BCUT2D eigenvalue weighted by molar-refractivity contribution is -0.139. The van der Waals surface area contributed by atoms with E-state index in [1.54, 1.807) is 13.8 Å². The van der Waals surface area contributed by atoms with E-state index in [1.165, 1.54) is 6.07 Å². The summed E-state index contributed by atoms with van der Waals surface area (Å²) in [5.74, 6) is -2.09. The maximum absolute atomic E-state index is 13.8. The van der Waals surface area contributed by atoms with Crippen molar-refractivity contribution in [2.45, 2.75) is 39.5 Å². The summed E-state index contributed by atoms with van der Waals surface area (Å²) in [5.41, 5.74) is 1.87. The number of carboxylic acids is 1. The average Bonchev–Trinajstić information content (AvgIpc) is 2.14. The van der Waals surface area contributed by atoms with Crippen LogP contribution in [0.1, 0.15) is 42.4 Å². The molecule has 0 fully saturated rings. The van der Waals surface area contributed by atoms with Crippen molar-refractivity contribution in [2.75, 3.05) is 0 Å². The Morgan fingerprint density at radius 1 is 1.44 bits per heavy atom. The van der Waals surface area contributed by atoms with Gasteiger partial charge in [0.25, 0.3) is 0 Å². The maximum Gasteiger partial charge on any atom is 0.311 e. The number of hydrogen-bond acceptors (Lipinski definition) is 1. The molecule has 2 nitrogen and oxygen atoms in total. The molecule has 0 amide bonds. The molecule has 0 aliphatic heterocycles. The second-order valence-corrected chi connectivity index (χ2v) is 4.16. The minimum absolute atomic E-state index is 0.333. The van der Waals surface area contributed by atoms with Crippen LogP contribution in [0.4, 0.5) is 4.39 Å². The van der Waals surface area contributed by atoms with Gasteiger partial charge in [-0.3, -0.25) is 4.79 Å². The molecule has 0 saturated heterocycles. The van der Waals surface area contributed by atoms with Gasteiger partial charge in [0.05, 0.1) is 5.92 Å². The van der Waals surface area contributed by atoms with Crippen LogP contribution in [-0.4, -0.2) is 11.1 Å². The topological polar surface area (TPSA) is 37.3 Å². The molecule has 0 aliphatic rings. The molecule has 0 bridgehead atoms. The largest absolute Gasteiger partial charge is 0.481 e. The van der Waals surface area contributed by atoms with Crippen LogP contribution < -0.4 is 0 Å². The average molecular weight is 224 g/mol. The quantitative estimate of drug-likeness (QED) is 0.850. The third-order valence-electron chi connectivity index (χ3n) is 2.70. The Balaban J connectivity index is 3.23. The molecule has 0 saturated carbocycles. The third-order valence-corrected chi connectivity index (χ3v) is 2.70. The molecule has 1 atom stereocenters. The summed E-state index contributed by atoms with van der Waals surface area (Å²) >= 11 is 0. The van der Waals surface area contributed by atoms with Gasteiger partial charge in [0.1, 0.15) is 5.82 Å². The first-order chi connectivity index (χ1) is 7.47. The van der Waals surface area contributed by atoms with E-state index in [2.05, 4.69) is 0 Å². The molecular weight excluding hydrogens is 207 g/mol. The van der Waals surface area contributed by atoms with Crippen LogP contribution >= 0.6 is 0 Å². The van der Waals surface area contributed by atoms with Gasteiger partial charge in [-0.25, -0.2) is 4.39 Å². The number of aliphatic carboxylic acids is 1. The number of aryl methyl sites for hydroxylation is 2. The standard InChI is InChI=1S/C13H17FO2/c1-4-5-10(13(15)16)12-9(3)6-8(2)7-11(12)14/h6-7,10H,4-5H2,1-3H3,(H,15,16). The van der Waals surface area contributed by atoms with Gasteiger partial charge in [-0.2, -0.15) is 0 Å². The lowest BCUT2D eigenvalue weighted by Gasteiger charge is -2.16. The van der Waals surface area contributed by atoms with Gasteiger partial charge in [-0.1, -0.05) is 19.4 Å². The fourth-order valence-electron chi connectivity index (χ4n) is 2.05. The number of rotatable bonds is 4. The van der Waals surface area contributed by atoms with Crippen molar-refractivity contribution < 1.29 is 14.3 Å². The Labute approximate surface area is 95.1 Å². The zero-order valence-electron chi connectivity index (χ0n) is 9.88. The van der Waals surface area contributed by atoms with Crippen LogP contribution in [-0.2, 0) is 4.79 Å². The second kappa shape index (κ2) is 5.10. The Morgan fingerprint density at radius 2 is 2.06 bits per heavy atom. The molecule has 0 aromatic heterocycles. The number of halogens is 1. The molecule has 1 N–H and O–H groups in total. The number of carbonyl (C=O) groups is 1. The van der Waals surface area contributed by atoms with E-state index in [1.807, 2.05) is 13.0 Å². The summed E-state index contributed by atoms with van der Waals surface area (Å²) in [5, 5.41) is 9.11. The molecule has 0 heterocycles. The molecule has 0 aliphatic carbocycles. The van der Waals surface area contributed by atoms with Gasteiger partial charge >= 0.3 is 5.97 Å². The molecule has 0 radical (unpaired) electrons. The minimum Gasteiger partial charge on any atom is -0.481 e. The first-order valence-electron chi connectivity index (χ1n) is 5.46. The fourth-order valence-corrected chi connectivity index (χ4v) is 2.05. The van der Waals surface area contributed by atoms with E-state index < -0.39 is 17.7 Å². The fraction of sp³-hybridized carbons (Fsp3) is 0.462. The second-order valence-electron chi connectivity index (χ2n) is 4.16. The Kier molecular flexibility index (Phi) is 4.05. The highest BCUT2D eigenvalue weighted by Gasteiger charge is 2.24. The number of benzene rings is 1. The Morgan fingerprint density at radius 3 is 2.50 bits per heavy atom. The maximum atomic E-state index is 13.8. The van der Waals surface area contributed by atoms with Crippen molar-refractivity contribution in [1.82, 2.24) is 0 Å². The normalized spacial score (nSPS) is 12.5. The van der Waals surface area contributed by atoms with Crippen LogP contribution in [0.5, 0.6) is 0 Å². The lowest BCUT2D eigenvalue weighted by atomic mass is 9.90. The summed E-state index contributed by atoms with van der Waals surface area (Å²) in [4.78, 5) is 11.1. The van der Waals surface area contributed by atoms with E-state index in [-0.39, 0.29) is 0 Å². The molecule has 1 aromatic carbocycles. The van der Waals surface area contributed by atoms with Crippen LogP contribution in [0.15, 0.2) is 12.1 Å². The monoisotopic (exact) mass is 224 g/mol. The molecule has 88 valence electrons. The smallest absolute Gasteiger partial charge is 0.311 e. The van der Waals surface area contributed by atoms with Crippen LogP contribution in [0.25, 0.3) is 0 Å². The molecule has 1 aromatic rings. The van der Waals surface area contributed by atoms with Gasteiger partial charge in [0.15, 0.2) is 0 Å². The summed E-state index contributed by atoms with van der Waals surface area (Å²) < 4.78 is 13.8. The minimum atomic E-state index is -0.951. The third kappa shape index (κ3) is 2.60. The summed E-state index contributed by atoms with van der Waals surface area (Å²) in [6.07, 6.45) is 1.19. The summed E-state index contributed by atoms with van der Waals surface area (Å²) in [6, 6.07) is 3.22. The first kappa shape index (κ1) is 12.7. The highest BCUT2D eigenvalue weighted by Crippen LogP contribution is 2.28. The van der Waals surface area contributed by atoms with Crippen molar-refractivity contribution >= 4 is 5.97 Å². The highest BCUT2D eigenvalue weighted by atomic mass is 19.1. The lowest BCUT2D eigenvalue weighted by Crippen LogP contribution is -2.14. The van der Waals surface area contributed by atoms with Crippen LogP contribution in [0.3, 0.4) is 0 Å². The summed E-state index contributed by atoms with van der Waals surface area (Å²) in [6.45, 7) is 5.46.